The molecule has 6 heteroatoms. The number of hydrogen-bond donors (Lipinski definition) is 1. The molecular weight excluding hydrogens is 320 g/mol. The lowest BCUT2D eigenvalue weighted by Gasteiger charge is -2.07. The van der Waals surface area contributed by atoms with Crippen LogP contribution in [0.15, 0.2) is 54.9 Å². The molecule has 6 nitrogen and oxygen atoms in total. The molecule has 1 heterocycles. The second kappa shape index (κ2) is 9.87. The Morgan fingerprint density at radius 1 is 1.24 bits per heavy atom. The van der Waals surface area contributed by atoms with Crippen LogP contribution in [0, 0.1) is 0 Å². The summed E-state index contributed by atoms with van der Waals surface area (Å²) in [5, 5.41) is 2.82. The van der Waals surface area contributed by atoms with E-state index >= 15 is 0 Å². The molecule has 0 aliphatic carbocycles. The summed E-state index contributed by atoms with van der Waals surface area (Å²) in [6.07, 6.45) is 7.21. The number of carbonyl (C=O) groups excluding carboxylic acids is 2. The Labute approximate surface area is 146 Å². The van der Waals surface area contributed by atoms with Crippen molar-refractivity contribution in [3.8, 4) is 5.75 Å². The molecule has 0 saturated heterocycles. The van der Waals surface area contributed by atoms with Crippen molar-refractivity contribution in [2.45, 2.75) is 6.42 Å². The Morgan fingerprint density at radius 3 is 2.88 bits per heavy atom. The lowest BCUT2D eigenvalue weighted by atomic mass is 10.1. The molecule has 0 saturated carbocycles. The van der Waals surface area contributed by atoms with Gasteiger partial charge in [0, 0.05) is 25.0 Å². The highest BCUT2D eigenvalue weighted by atomic mass is 16.6. The third-order valence-corrected chi connectivity index (χ3v) is 3.31. The van der Waals surface area contributed by atoms with Crippen molar-refractivity contribution in [2.24, 2.45) is 0 Å². The van der Waals surface area contributed by atoms with Gasteiger partial charge >= 0.3 is 5.97 Å². The number of pyridine rings is 1. The number of amides is 1. The SMILES string of the molecule is COC(=O)COc1cccc(CCNC(=O)C=Cc2cccnc2)c1. The summed E-state index contributed by atoms with van der Waals surface area (Å²) in [6.45, 7) is 0.368. The first kappa shape index (κ1) is 18.2. The van der Waals surface area contributed by atoms with Gasteiger partial charge in [0.2, 0.25) is 5.91 Å². The Kier molecular flexibility index (Phi) is 7.18. The van der Waals surface area contributed by atoms with E-state index in [0.717, 1.165) is 11.1 Å². The molecular formula is C19H20N2O4. The van der Waals surface area contributed by atoms with Gasteiger partial charge < -0.3 is 14.8 Å². The molecule has 1 amide bonds. The first-order valence-corrected chi connectivity index (χ1v) is 7.82. The van der Waals surface area contributed by atoms with Gasteiger partial charge in [0.05, 0.1) is 7.11 Å². The van der Waals surface area contributed by atoms with E-state index in [1.54, 1.807) is 24.5 Å². The van der Waals surface area contributed by atoms with Crippen molar-refractivity contribution in [3.63, 3.8) is 0 Å². The van der Waals surface area contributed by atoms with Crippen molar-refractivity contribution < 1.29 is 19.1 Å². The topological polar surface area (TPSA) is 77.5 Å². The van der Waals surface area contributed by atoms with Crippen molar-refractivity contribution in [1.29, 1.82) is 0 Å². The number of nitrogens with zero attached hydrogens (tertiary/aromatic N) is 1. The van der Waals surface area contributed by atoms with Crippen LogP contribution in [0.5, 0.6) is 5.75 Å². The number of carbonyl (C=O) groups is 2. The molecule has 130 valence electrons. The highest BCUT2D eigenvalue weighted by Gasteiger charge is 2.03. The van der Waals surface area contributed by atoms with E-state index < -0.39 is 5.97 Å². The molecule has 0 aliphatic heterocycles. The number of rotatable bonds is 8. The zero-order valence-electron chi connectivity index (χ0n) is 14.0. The van der Waals surface area contributed by atoms with E-state index in [1.807, 2.05) is 30.3 Å². The van der Waals surface area contributed by atoms with E-state index in [-0.39, 0.29) is 12.5 Å². The summed E-state index contributed by atoms with van der Waals surface area (Å²) in [6, 6.07) is 11.1. The summed E-state index contributed by atoms with van der Waals surface area (Å²) in [4.78, 5) is 26.8. The van der Waals surface area contributed by atoms with E-state index in [0.29, 0.717) is 18.7 Å². The number of esters is 1. The highest BCUT2D eigenvalue weighted by Crippen LogP contribution is 2.13. The number of aromatic nitrogens is 1. The largest absolute Gasteiger partial charge is 0.482 e. The van der Waals surface area contributed by atoms with Gasteiger partial charge in [0.1, 0.15) is 5.75 Å². The van der Waals surface area contributed by atoms with Crippen molar-refractivity contribution in [2.75, 3.05) is 20.3 Å². The molecule has 0 unspecified atom stereocenters. The van der Waals surface area contributed by atoms with Crippen LogP contribution in [0.2, 0.25) is 0 Å². The first-order valence-electron chi connectivity index (χ1n) is 7.82. The standard InChI is InChI=1S/C19H20N2O4/c1-24-19(23)14-25-17-6-2-4-15(12-17)9-11-21-18(22)8-7-16-5-3-10-20-13-16/h2-8,10,12-13H,9,11,14H2,1H3,(H,21,22). The summed E-state index contributed by atoms with van der Waals surface area (Å²) in [5.41, 5.74) is 1.87. The molecule has 25 heavy (non-hydrogen) atoms. The van der Waals surface area contributed by atoms with E-state index in [4.69, 9.17) is 4.74 Å². The van der Waals surface area contributed by atoms with Crippen LogP contribution >= 0.6 is 0 Å². The Bertz CT molecular complexity index is 729. The molecule has 1 aromatic heterocycles. The van der Waals surface area contributed by atoms with Gasteiger partial charge in [-0.3, -0.25) is 9.78 Å². The Hall–Kier alpha value is -3.15. The van der Waals surface area contributed by atoms with Gasteiger partial charge in [-0.2, -0.15) is 0 Å². The fourth-order valence-electron chi connectivity index (χ4n) is 2.03. The van der Waals surface area contributed by atoms with Gasteiger partial charge in [0.15, 0.2) is 6.61 Å². The molecule has 1 aromatic carbocycles. The van der Waals surface area contributed by atoms with E-state index in [2.05, 4.69) is 15.0 Å². The average Bonchev–Trinajstić information content (AvgIpc) is 2.65. The molecule has 2 rings (SSSR count). The van der Waals surface area contributed by atoms with Crippen LogP contribution in [0.4, 0.5) is 0 Å². The van der Waals surface area contributed by atoms with Crippen LogP contribution in [0.25, 0.3) is 6.08 Å². The number of benzene rings is 1. The molecule has 0 spiro atoms. The number of ether oxygens (including phenoxy) is 2. The minimum atomic E-state index is -0.432. The van der Waals surface area contributed by atoms with Gasteiger partial charge in [-0.15, -0.1) is 0 Å². The number of hydrogen-bond acceptors (Lipinski definition) is 5. The van der Waals surface area contributed by atoms with Gasteiger partial charge in [-0.1, -0.05) is 18.2 Å². The predicted molar refractivity (Wildman–Crippen MR) is 93.9 cm³/mol. The molecule has 0 atom stereocenters. The predicted octanol–water partition coefficient (Wildman–Crippen LogP) is 2.01. The van der Waals surface area contributed by atoms with Gasteiger partial charge in [-0.05, 0) is 41.8 Å². The number of methoxy groups -OCH3 is 1. The first-order chi connectivity index (χ1) is 12.2. The van der Waals surface area contributed by atoms with Crippen LogP contribution < -0.4 is 10.1 Å². The zero-order valence-corrected chi connectivity index (χ0v) is 14.0. The van der Waals surface area contributed by atoms with Crippen molar-refractivity contribution in [1.82, 2.24) is 10.3 Å². The summed E-state index contributed by atoms with van der Waals surface area (Å²) in [7, 11) is 1.31. The molecule has 2 aromatic rings. The van der Waals surface area contributed by atoms with Gasteiger partial charge in [-0.25, -0.2) is 4.79 Å². The van der Waals surface area contributed by atoms with Crippen molar-refractivity contribution >= 4 is 18.0 Å². The third-order valence-electron chi connectivity index (χ3n) is 3.31. The van der Waals surface area contributed by atoms with Crippen molar-refractivity contribution in [3.05, 3.63) is 66.0 Å². The second-order valence-electron chi connectivity index (χ2n) is 5.17. The molecule has 0 radical (unpaired) electrons. The third kappa shape index (κ3) is 6.87. The minimum Gasteiger partial charge on any atom is -0.482 e. The number of nitrogens with one attached hydrogen (secondary N) is 1. The smallest absolute Gasteiger partial charge is 0.343 e. The molecule has 0 bridgehead atoms. The van der Waals surface area contributed by atoms with E-state index in [9.17, 15) is 9.59 Å². The normalized spacial score (nSPS) is 10.4. The fraction of sp³-hybridized carbons (Fsp3) is 0.211. The maximum Gasteiger partial charge on any atom is 0.343 e. The maximum atomic E-state index is 11.8. The zero-order chi connectivity index (χ0) is 17.9. The molecule has 0 fully saturated rings. The average molecular weight is 340 g/mol. The van der Waals surface area contributed by atoms with Crippen LogP contribution in [-0.2, 0) is 20.7 Å². The minimum absolute atomic E-state index is 0.129. The van der Waals surface area contributed by atoms with Gasteiger partial charge in [0.25, 0.3) is 0 Å². The van der Waals surface area contributed by atoms with Crippen LogP contribution in [-0.4, -0.2) is 37.1 Å². The fourth-order valence-corrected chi connectivity index (χ4v) is 2.03. The molecule has 0 aliphatic rings. The lowest BCUT2D eigenvalue weighted by Crippen LogP contribution is -2.23. The van der Waals surface area contributed by atoms with Crippen LogP contribution in [0.3, 0.4) is 0 Å². The summed E-state index contributed by atoms with van der Waals surface area (Å²) < 4.78 is 9.86. The highest BCUT2D eigenvalue weighted by molar-refractivity contribution is 5.91. The maximum absolute atomic E-state index is 11.8. The van der Waals surface area contributed by atoms with E-state index in [1.165, 1.54) is 13.2 Å². The lowest BCUT2D eigenvalue weighted by molar-refractivity contribution is -0.142. The van der Waals surface area contributed by atoms with Crippen LogP contribution in [0.1, 0.15) is 11.1 Å². The Morgan fingerprint density at radius 2 is 2.12 bits per heavy atom. The molecule has 1 N–H and O–H groups in total. The summed E-state index contributed by atoms with van der Waals surface area (Å²) in [5.74, 6) is -0.00859. The summed E-state index contributed by atoms with van der Waals surface area (Å²) >= 11 is 0. The second-order valence-corrected chi connectivity index (χ2v) is 5.17. The monoisotopic (exact) mass is 340 g/mol. The quantitative estimate of drug-likeness (QED) is 0.587. The Balaban J connectivity index is 1.76.